The largest absolute Gasteiger partial charge is 0.368 e. The predicted molar refractivity (Wildman–Crippen MR) is 69.6 cm³/mol. The summed E-state index contributed by atoms with van der Waals surface area (Å²) in [6.07, 6.45) is 0. The van der Waals surface area contributed by atoms with Crippen molar-refractivity contribution in [1.82, 2.24) is 0 Å². The molecule has 0 fully saturated rings. The average Bonchev–Trinajstić information content (AvgIpc) is 2.38. The van der Waals surface area contributed by atoms with E-state index in [2.05, 4.69) is 0 Å². The van der Waals surface area contributed by atoms with Gasteiger partial charge in [0.15, 0.2) is 0 Å². The first-order valence-electron chi connectivity index (χ1n) is 5.75. The van der Waals surface area contributed by atoms with E-state index in [1.54, 1.807) is 36.2 Å². The minimum absolute atomic E-state index is 0.261. The van der Waals surface area contributed by atoms with Crippen molar-refractivity contribution in [2.75, 3.05) is 11.9 Å². The van der Waals surface area contributed by atoms with Gasteiger partial charge in [-0.15, -0.1) is 0 Å². The second kappa shape index (κ2) is 5.49. The third-order valence-corrected chi connectivity index (χ3v) is 2.77. The highest BCUT2D eigenvalue weighted by atomic mass is 19.1. The molecule has 0 N–H and O–H groups in total. The van der Waals surface area contributed by atoms with Crippen LogP contribution in [-0.4, -0.2) is 7.05 Å². The van der Waals surface area contributed by atoms with E-state index in [0.717, 1.165) is 0 Å². The molecule has 4 heteroatoms. The molecule has 0 aliphatic rings. The van der Waals surface area contributed by atoms with Gasteiger partial charge in [-0.1, -0.05) is 12.1 Å². The van der Waals surface area contributed by atoms with Crippen molar-refractivity contribution in [3.8, 4) is 6.07 Å². The molecular formula is C15H12F2N2. The third kappa shape index (κ3) is 3.08. The fourth-order valence-electron chi connectivity index (χ4n) is 1.93. The lowest BCUT2D eigenvalue weighted by molar-refractivity contribution is 0.619. The summed E-state index contributed by atoms with van der Waals surface area (Å²) in [6.45, 7) is 0.327. The van der Waals surface area contributed by atoms with Crippen LogP contribution in [0.25, 0.3) is 0 Å². The van der Waals surface area contributed by atoms with Crippen molar-refractivity contribution in [2.45, 2.75) is 6.54 Å². The number of nitrogens with zero attached hydrogens (tertiary/aromatic N) is 2. The fraction of sp³-hybridized carbons (Fsp3) is 0.133. The highest BCUT2D eigenvalue weighted by Crippen LogP contribution is 2.20. The van der Waals surface area contributed by atoms with Gasteiger partial charge in [0.1, 0.15) is 11.6 Å². The number of para-hydroxylation sites is 1. The van der Waals surface area contributed by atoms with Gasteiger partial charge >= 0.3 is 0 Å². The summed E-state index contributed by atoms with van der Waals surface area (Å²) >= 11 is 0. The first-order valence-corrected chi connectivity index (χ1v) is 5.75. The standard InChI is InChI=1S/C15H12F2N2/c1-19(15-5-3-2-4-14(15)17)10-12-6-11(9-18)7-13(16)8-12/h2-8H,10H2,1H3. The van der Waals surface area contributed by atoms with Crippen LogP contribution in [0.5, 0.6) is 0 Å². The summed E-state index contributed by atoms with van der Waals surface area (Å²) in [5.41, 5.74) is 1.32. The van der Waals surface area contributed by atoms with Crippen molar-refractivity contribution in [3.05, 3.63) is 65.2 Å². The molecule has 0 aliphatic heterocycles. The molecule has 2 nitrogen and oxygen atoms in total. The normalized spacial score (nSPS) is 10.0. The van der Waals surface area contributed by atoms with Gasteiger partial charge in [0, 0.05) is 13.6 Å². The Morgan fingerprint density at radius 2 is 1.89 bits per heavy atom. The van der Waals surface area contributed by atoms with Gasteiger partial charge in [0.05, 0.1) is 17.3 Å². The molecule has 0 atom stereocenters. The Morgan fingerprint density at radius 3 is 2.58 bits per heavy atom. The maximum absolute atomic E-state index is 13.6. The summed E-state index contributed by atoms with van der Waals surface area (Å²) in [5.74, 6) is -0.794. The second-order valence-electron chi connectivity index (χ2n) is 4.27. The van der Waals surface area contributed by atoms with Crippen molar-refractivity contribution < 1.29 is 8.78 Å². The average molecular weight is 258 g/mol. The lowest BCUT2D eigenvalue weighted by Crippen LogP contribution is -2.17. The number of anilines is 1. The second-order valence-corrected chi connectivity index (χ2v) is 4.27. The molecule has 2 aromatic rings. The van der Waals surface area contributed by atoms with Gasteiger partial charge < -0.3 is 4.90 Å². The van der Waals surface area contributed by atoms with Gasteiger partial charge in [-0.05, 0) is 35.9 Å². The molecule has 0 amide bonds. The summed E-state index contributed by atoms with van der Waals surface area (Å²) in [6, 6.07) is 12.4. The number of hydrogen-bond acceptors (Lipinski definition) is 2. The monoisotopic (exact) mass is 258 g/mol. The molecule has 0 bridgehead atoms. The number of nitriles is 1. The topological polar surface area (TPSA) is 27.0 Å². The Balaban J connectivity index is 2.24. The summed E-state index contributed by atoms with van der Waals surface area (Å²) in [4.78, 5) is 1.67. The lowest BCUT2D eigenvalue weighted by Gasteiger charge is -2.20. The molecule has 0 saturated heterocycles. The molecule has 0 radical (unpaired) electrons. The van der Waals surface area contributed by atoms with Crippen molar-refractivity contribution >= 4 is 5.69 Å². The van der Waals surface area contributed by atoms with Gasteiger partial charge in [-0.25, -0.2) is 8.78 Å². The van der Waals surface area contributed by atoms with E-state index < -0.39 is 5.82 Å². The molecule has 19 heavy (non-hydrogen) atoms. The van der Waals surface area contributed by atoms with E-state index in [0.29, 0.717) is 17.8 Å². The van der Waals surface area contributed by atoms with E-state index in [4.69, 9.17) is 5.26 Å². The summed E-state index contributed by atoms with van der Waals surface area (Å²) in [7, 11) is 1.72. The summed E-state index contributed by atoms with van der Waals surface area (Å²) < 4.78 is 26.9. The van der Waals surface area contributed by atoms with Crippen LogP contribution in [0.2, 0.25) is 0 Å². The van der Waals surface area contributed by atoms with Crippen LogP contribution in [0.4, 0.5) is 14.5 Å². The minimum Gasteiger partial charge on any atom is -0.368 e. The van der Waals surface area contributed by atoms with E-state index in [-0.39, 0.29) is 11.4 Å². The van der Waals surface area contributed by atoms with E-state index in [1.165, 1.54) is 18.2 Å². The van der Waals surface area contributed by atoms with Crippen LogP contribution in [0.3, 0.4) is 0 Å². The van der Waals surface area contributed by atoms with Crippen molar-refractivity contribution in [3.63, 3.8) is 0 Å². The molecular weight excluding hydrogens is 246 g/mol. The van der Waals surface area contributed by atoms with E-state index in [1.807, 2.05) is 6.07 Å². The molecule has 0 spiro atoms. The Bertz CT molecular complexity index is 632. The molecule has 2 aromatic carbocycles. The highest BCUT2D eigenvalue weighted by molar-refractivity contribution is 5.47. The molecule has 0 aromatic heterocycles. The molecule has 0 heterocycles. The fourth-order valence-corrected chi connectivity index (χ4v) is 1.93. The van der Waals surface area contributed by atoms with E-state index in [9.17, 15) is 8.78 Å². The highest BCUT2D eigenvalue weighted by Gasteiger charge is 2.08. The number of benzene rings is 2. The first kappa shape index (κ1) is 13.0. The molecule has 96 valence electrons. The van der Waals surface area contributed by atoms with Gasteiger partial charge in [0.2, 0.25) is 0 Å². The molecule has 0 saturated carbocycles. The summed E-state index contributed by atoms with van der Waals surface area (Å²) in [5, 5.41) is 8.79. The van der Waals surface area contributed by atoms with Gasteiger partial charge in [-0.3, -0.25) is 0 Å². The molecule has 2 rings (SSSR count). The zero-order valence-corrected chi connectivity index (χ0v) is 10.4. The Morgan fingerprint density at radius 1 is 1.16 bits per heavy atom. The van der Waals surface area contributed by atoms with Gasteiger partial charge in [-0.2, -0.15) is 5.26 Å². The van der Waals surface area contributed by atoms with Crippen LogP contribution in [0.1, 0.15) is 11.1 Å². The molecule has 0 unspecified atom stereocenters. The zero-order chi connectivity index (χ0) is 13.8. The number of rotatable bonds is 3. The number of hydrogen-bond donors (Lipinski definition) is 0. The Kier molecular flexibility index (Phi) is 3.76. The van der Waals surface area contributed by atoms with Crippen molar-refractivity contribution in [2.24, 2.45) is 0 Å². The number of halogens is 2. The van der Waals surface area contributed by atoms with E-state index >= 15 is 0 Å². The maximum atomic E-state index is 13.6. The SMILES string of the molecule is CN(Cc1cc(F)cc(C#N)c1)c1ccccc1F. The molecule has 0 aliphatic carbocycles. The predicted octanol–water partition coefficient (Wildman–Crippen LogP) is 3.47. The Labute approximate surface area is 110 Å². The zero-order valence-electron chi connectivity index (χ0n) is 10.4. The first-order chi connectivity index (χ1) is 9.10. The van der Waals surface area contributed by atoms with Crippen LogP contribution in [0, 0.1) is 23.0 Å². The third-order valence-electron chi connectivity index (χ3n) is 2.77. The van der Waals surface area contributed by atoms with Crippen LogP contribution in [-0.2, 0) is 6.54 Å². The van der Waals surface area contributed by atoms with Crippen LogP contribution >= 0.6 is 0 Å². The maximum Gasteiger partial charge on any atom is 0.146 e. The Hall–Kier alpha value is -2.41. The smallest absolute Gasteiger partial charge is 0.146 e. The van der Waals surface area contributed by atoms with Crippen LogP contribution in [0.15, 0.2) is 42.5 Å². The van der Waals surface area contributed by atoms with Gasteiger partial charge in [0.25, 0.3) is 0 Å². The quantitative estimate of drug-likeness (QED) is 0.842. The van der Waals surface area contributed by atoms with Crippen LogP contribution < -0.4 is 4.90 Å². The van der Waals surface area contributed by atoms with Crippen molar-refractivity contribution in [1.29, 1.82) is 5.26 Å². The minimum atomic E-state index is -0.462. The lowest BCUT2D eigenvalue weighted by atomic mass is 10.1.